The lowest BCUT2D eigenvalue weighted by Gasteiger charge is -2.14. The van der Waals surface area contributed by atoms with E-state index in [9.17, 15) is 18.0 Å². The molecule has 0 aliphatic heterocycles. The van der Waals surface area contributed by atoms with Gasteiger partial charge in [-0.2, -0.15) is 13.2 Å². The van der Waals surface area contributed by atoms with Crippen molar-refractivity contribution in [1.82, 2.24) is 5.32 Å². The Hall–Kier alpha value is -3.28. The summed E-state index contributed by atoms with van der Waals surface area (Å²) in [5, 5.41) is 2.74. The molecule has 0 unspecified atom stereocenters. The Morgan fingerprint density at radius 2 is 1.67 bits per heavy atom. The number of hydrogen-bond acceptors (Lipinski definition) is 2. The number of carbonyl (C=O) groups excluding carboxylic acids is 1. The fourth-order valence-corrected chi connectivity index (χ4v) is 3.08. The van der Waals surface area contributed by atoms with Crippen LogP contribution in [0, 0.1) is 0 Å². The van der Waals surface area contributed by atoms with E-state index >= 15 is 0 Å². The zero-order chi connectivity index (χ0) is 21.6. The molecule has 3 aromatic carbocycles. The highest BCUT2D eigenvalue weighted by atomic mass is 19.4. The van der Waals surface area contributed by atoms with Crippen molar-refractivity contribution in [2.75, 3.05) is 6.54 Å². The molecule has 0 aromatic heterocycles. The average Bonchev–Trinajstić information content (AvgIpc) is 2.73. The summed E-state index contributed by atoms with van der Waals surface area (Å²) in [6.45, 7) is 2.27. The third kappa shape index (κ3) is 5.86. The molecule has 0 bridgehead atoms. The molecule has 3 nitrogen and oxygen atoms in total. The lowest BCUT2D eigenvalue weighted by Crippen LogP contribution is -2.22. The Morgan fingerprint density at radius 3 is 2.30 bits per heavy atom. The average molecular weight is 413 g/mol. The molecule has 0 atom stereocenters. The molecule has 6 heteroatoms. The van der Waals surface area contributed by atoms with Crippen molar-refractivity contribution in [2.24, 2.45) is 0 Å². The summed E-state index contributed by atoms with van der Waals surface area (Å²) in [5.41, 5.74) is 2.67. The molecule has 1 amide bonds. The Bertz CT molecular complexity index is 984. The molecule has 0 heterocycles. The first-order valence-electron chi connectivity index (χ1n) is 9.54. The van der Waals surface area contributed by atoms with Crippen molar-refractivity contribution in [3.8, 4) is 16.9 Å². The maximum absolute atomic E-state index is 12.9. The van der Waals surface area contributed by atoms with Crippen LogP contribution in [0.3, 0.4) is 0 Å². The van der Waals surface area contributed by atoms with E-state index in [1.165, 1.54) is 19.1 Å². The van der Waals surface area contributed by atoms with Gasteiger partial charge in [0.25, 0.3) is 0 Å². The highest BCUT2D eigenvalue weighted by Gasteiger charge is 2.30. The molecule has 3 aromatic rings. The molecule has 0 fully saturated rings. The van der Waals surface area contributed by atoms with Gasteiger partial charge in [-0.3, -0.25) is 4.79 Å². The summed E-state index contributed by atoms with van der Waals surface area (Å²) in [6.07, 6.45) is -3.83. The van der Waals surface area contributed by atoms with E-state index in [1.807, 2.05) is 48.5 Å². The summed E-state index contributed by atoms with van der Waals surface area (Å²) in [6, 6.07) is 20.3. The summed E-state index contributed by atoms with van der Waals surface area (Å²) < 4.78 is 44.6. The zero-order valence-corrected chi connectivity index (χ0v) is 16.5. The van der Waals surface area contributed by atoms with Gasteiger partial charge in [0, 0.05) is 13.5 Å². The van der Waals surface area contributed by atoms with Crippen molar-refractivity contribution < 1.29 is 22.7 Å². The van der Waals surface area contributed by atoms with Gasteiger partial charge in [0.1, 0.15) is 12.4 Å². The summed E-state index contributed by atoms with van der Waals surface area (Å²) in [4.78, 5) is 11.2. The second-order valence-electron chi connectivity index (χ2n) is 6.90. The fourth-order valence-electron chi connectivity index (χ4n) is 3.08. The number of carbonyl (C=O) groups is 1. The van der Waals surface area contributed by atoms with Crippen molar-refractivity contribution in [2.45, 2.75) is 26.1 Å². The highest BCUT2D eigenvalue weighted by Crippen LogP contribution is 2.33. The maximum atomic E-state index is 12.9. The SMILES string of the molecule is CC(=O)NCCc1ccc(OCc2ccccc2)cc1-c1ccc(C(F)(F)F)cc1. The number of halogens is 3. The Morgan fingerprint density at radius 1 is 0.967 bits per heavy atom. The minimum Gasteiger partial charge on any atom is -0.489 e. The van der Waals surface area contributed by atoms with Crippen LogP contribution in [0.15, 0.2) is 72.8 Å². The number of ether oxygens (including phenoxy) is 1. The fraction of sp³-hybridized carbons (Fsp3) is 0.208. The van der Waals surface area contributed by atoms with Crippen LogP contribution in [0.25, 0.3) is 11.1 Å². The molecule has 0 saturated carbocycles. The lowest BCUT2D eigenvalue weighted by atomic mass is 9.96. The third-order valence-electron chi connectivity index (χ3n) is 4.62. The number of nitrogens with one attached hydrogen (secondary N) is 1. The van der Waals surface area contributed by atoms with Gasteiger partial charge in [-0.15, -0.1) is 0 Å². The highest BCUT2D eigenvalue weighted by molar-refractivity contribution is 5.73. The minimum absolute atomic E-state index is 0.131. The van der Waals surface area contributed by atoms with Crippen LogP contribution in [0.2, 0.25) is 0 Å². The van der Waals surface area contributed by atoms with Gasteiger partial charge in [0.15, 0.2) is 0 Å². The number of hydrogen-bond donors (Lipinski definition) is 1. The van der Waals surface area contributed by atoms with Crippen LogP contribution in [0.5, 0.6) is 5.75 Å². The van der Waals surface area contributed by atoms with E-state index in [2.05, 4.69) is 5.32 Å². The van der Waals surface area contributed by atoms with E-state index in [4.69, 9.17) is 4.74 Å². The van der Waals surface area contributed by atoms with E-state index in [1.54, 1.807) is 0 Å². The maximum Gasteiger partial charge on any atom is 0.416 e. The Balaban J connectivity index is 1.86. The summed E-state index contributed by atoms with van der Waals surface area (Å²) in [5.74, 6) is 0.492. The van der Waals surface area contributed by atoms with Gasteiger partial charge in [-0.05, 0) is 52.9 Å². The lowest BCUT2D eigenvalue weighted by molar-refractivity contribution is -0.137. The van der Waals surface area contributed by atoms with Gasteiger partial charge in [0.05, 0.1) is 5.56 Å². The van der Waals surface area contributed by atoms with Crippen molar-refractivity contribution in [1.29, 1.82) is 0 Å². The molecule has 30 heavy (non-hydrogen) atoms. The molecule has 156 valence electrons. The predicted molar refractivity (Wildman–Crippen MR) is 110 cm³/mol. The van der Waals surface area contributed by atoms with E-state index < -0.39 is 11.7 Å². The monoisotopic (exact) mass is 413 g/mol. The first kappa shape index (κ1) is 21.4. The molecular formula is C24H22F3NO2. The number of rotatable bonds is 7. The third-order valence-corrected chi connectivity index (χ3v) is 4.62. The number of amides is 1. The molecule has 0 saturated heterocycles. The second kappa shape index (κ2) is 9.48. The summed E-state index contributed by atoms with van der Waals surface area (Å²) >= 11 is 0. The molecule has 0 spiro atoms. The van der Waals surface area contributed by atoms with Gasteiger partial charge in [-0.25, -0.2) is 0 Å². The first-order chi connectivity index (χ1) is 14.3. The Kier molecular flexibility index (Phi) is 6.77. The van der Waals surface area contributed by atoms with Crippen LogP contribution >= 0.6 is 0 Å². The number of alkyl halides is 3. The number of benzene rings is 3. The molecule has 0 aliphatic carbocycles. The topological polar surface area (TPSA) is 38.3 Å². The van der Waals surface area contributed by atoms with Gasteiger partial charge in [-0.1, -0.05) is 48.5 Å². The molecular weight excluding hydrogens is 391 g/mol. The molecule has 1 N–H and O–H groups in total. The standard InChI is InChI=1S/C24H22F3NO2/c1-17(29)28-14-13-20-9-12-22(30-16-18-5-3-2-4-6-18)15-23(20)19-7-10-21(11-8-19)24(25,26)27/h2-12,15H,13-14,16H2,1H3,(H,28,29). The van der Waals surface area contributed by atoms with Gasteiger partial charge in [0.2, 0.25) is 5.91 Å². The van der Waals surface area contributed by atoms with Crippen molar-refractivity contribution in [3.05, 3.63) is 89.5 Å². The first-order valence-corrected chi connectivity index (χ1v) is 9.54. The molecule has 0 radical (unpaired) electrons. The van der Waals surface area contributed by atoms with E-state index in [0.29, 0.717) is 30.9 Å². The van der Waals surface area contributed by atoms with E-state index in [0.717, 1.165) is 28.8 Å². The predicted octanol–water partition coefficient (Wildman–Crippen LogP) is 5.63. The quantitative estimate of drug-likeness (QED) is 0.545. The van der Waals surface area contributed by atoms with Crippen LogP contribution in [0.1, 0.15) is 23.6 Å². The second-order valence-corrected chi connectivity index (χ2v) is 6.90. The Labute approximate surface area is 173 Å². The normalized spacial score (nSPS) is 11.2. The van der Waals surface area contributed by atoms with Crippen LogP contribution in [0.4, 0.5) is 13.2 Å². The summed E-state index contributed by atoms with van der Waals surface area (Å²) in [7, 11) is 0. The van der Waals surface area contributed by atoms with Gasteiger partial charge >= 0.3 is 6.18 Å². The van der Waals surface area contributed by atoms with Crippen LogP contribution in [-0.2, 0) is 24.0 Å². The molecule has 3 rings (SSSR count). The van der Waals surface area contributed by atoms with Crippen LogP contribution in [-0.4, -0.2) is 12.5 Å². The van der Waals surface area contributed by atoms with Crippen LogP contribution < -0.4 is 10.1 Å². The largest absolute Gasteiger partial charge is 0.489 e. The minimum atomic E-state index is -4.38. The van der Waals surface area contributed by atoms with Crippen molar-refractivity contribution >= 4 is 5.91 Å². The van der Waals surface area contributed by atoms with Gasteiger partial charge < -0.3 is 10.1 Å². The molecule has 0 aliphatic rings. The van der Waals surface area contributed by atoms with Crippen molar-refractivity contribution in [3.63, 3.8) is 0 Å². The smallest absolute Gasteiger partial charge is 0.416 e. The van der Waals surface area contributed by atoms with E-state index in [-0.39, 0.29) is 5.91 Å². The zero-order valence-electron chi connectivity index (χ0n) is 16.5.